The molecule has 1 N–H and O–H groups in total. The minimum atomic E-state index is 0.0602. The minimum absolute atomic E-state index is 0.0602. The van der Waals surface area contributed by atoms with E-state index in [1.165, 1.54) is 17.1 Å². The van der Waals surface area contributed by atoms with Gasteiger partial charge in [0, 0.05) is 6.54 Å². The summed E-state index contributed by atoms with van der Waals surface area (Å²) in [6.07, 6.45) is 0. The van der Waals surface area contributed by atoms with E-state index in [-0.39, 0.29) is 5.56 Å². The molecule has 3 aromatic rings. The molecule has 3 rings (SSSR count). The summed E-state index contributed by atoms with van der Waals surface area (Å²) in [5.41, 5.74) is 2.21. The maximum atomic E-state index is 12.3. The zero-order valence-corrected chi connectivity index (χ0v) is 12.1. The zero-order chi connectivity index (χ0) is 13.9. The second-order valence-electron chi connectivity index (χ2n) is 4.63. The Morgan fingerprint density at radius 3 is 2.55 bits per heavy atom. The lowest BCUT2D eigenvalue weighted by Crippen LogP contribution is -2.12. The van der Waals surface area contributed by atoms with Crippen molar-refractivity contribution >= 4 is 21.6 Å². The van der Waals surface area contributed by atoms with E-state index in [1.54, 1.807) is 3.96 Å². The van der Waals surface area contributed by atoms with Crippen LogP contribution in [0.25, 0.3) is 15.8 Å². The molecule has 2 aromatic carbocycles. The molecule has 102 valence electrons. The monoisotopic (exact) mass is 284 g/mol. The quantitative estimate of drug-likeness (QED) is 0.798. The molecular formula is C16H16N2OS. The highest BCUT2D eigenvalue weighted by Crippen LogP contribution is 2.20. The van der Waals surface area contributed by atoms with Gasteiger partial charge in [0.2, 0.25) is 0 Å². The van der Waals surface area contributed by atoms with Gasteiger partial charge in [-0.1, -0.05) is 42.7 Å². The van der Waals surface area contributed by atoms with Gasteiger partial charge in [-0.15, -0.1) is 0 Å². The van der Waals surface area contributed by atoms with Crippen molar-refractivity contribution in [1.82, 2.24) is 9.27 Å². The summed E-state index contributed by atoms with van der Waals surface area (Å²) in [4.78, 5) is 12.3. The number of nitrogens with one attached hydrogen (secondary N) is 1. The van der Waals surface area contributed by atoms with Crippen LogP contribution in [-0.4, -0.2) is 10.5 Å². The summed E-state index contributed by atoms with van der Waals surface area (Å²) in [6.45, 7) is 3.90. The molecule has 0 radical (unpaired) electrons. The van der Waals surface area contributed by atoms with Gasteiger partial charge in [0.25, 0.3) is 5.56 Å². The molecule has 3 nitrogen and oxygen atoms in total. The predicted molar refractivity (Wildman–Crippen MR) is 84.8 cm³/mol. The van der Waals surface area contributed by atoms with Crippen molar-refractivity contribution in [2.75, 3.05) is 6.54 Å². The number of fused-ring (bicyclic) bond motifs is 1. The third-order valence-electron chi connectivity index (χ3n) is 3.24. The first-order valence-electron chi connectivity index (χ1n) is 6.70. The summed E-state index contributed by atoms with van der Waals surface area (Å²) >= 11 is 1.49. The van der Waals surface area contributed by atoms with Crippen molar-refractivity contribution in [1.29, 1.82) is 0 Å². The molecule has 1 heterocycles. The Hall–Kier alpha value is -1.91. The number of rotatable bonds is 4. The minimum Gasteiger partial charge on any atom is -0.313 e. The SMILES string of the molecule is CCNCc1ccc(-n2sc3ccccc3c2=O)cc1. The van der Waals surface area contributed by atoms with Gasteiger partial charge >= 0.3 is 0 Å². The maximum Gasteiger partial charge on any atom is 0.273 e. The number of aromatic nitrogens is 1. The van der Waals surface area contributed by atoms with E-state index in [9.17, 15) is 4.79 Å². The first-order valence-corrected chi connectivity index (χ1v) is 7.48. The van der Waals surface area contributed by atoms with Crippen LogP contribution in [-0.2, 0) is 6.54 Å². The van der Waals surface area contributed by atoms with Crippen molar-refractivity contribution in [3.63, 3.8) is 0 Å². The molecule has 0 amide bonds. The number of nitrogens with zero attached hydrogens (tertiary/aromatic N) is 1. The maximum absolute atomic E-state index is 12.3. The first kappa shape index (κ1) is 13.1. The predicted octanol–water partition coefficient (Wildman–Crippen LogP) is 3.16. The Morgan fingerprint density at radius 1 is 1.10 bits per heavy atom. The summed E-state index contributed by atoms with van der Waals surface area (Å²) in [5.74, 6) is 0. The van der Waals surface area contributed by atoms with Crippen LogP contribution in [0.15, 0.2) is 53.3 Å². The van der Waals surface area contributed by atoms with Gasteiger partial charge in [-0.3, -0.25) is 4.79 Å². The van der Waals surface area contributed by atoms with Crippen molar-refractivity contribution in [3.05, 3.63) is 64.4 Å². The second kappa shape index (κ2) is 5.61. The molecule has 0 aliphatic carbocycles. The highest BCUT2D eigenvalue weighted by atomic mass is 32.1. The molecule has 0 spiro atoms. The van der Waals surface area contributed by atoms with Gasteiger partial charge in [0.05, 0.1) is 15.8 Å². The lowest BCUT2D eigenvalue weighted by atomic mass is 10.2. The van der Waals surface area contributed by atoms with E-state index in [4.69, 9.17) is 0 Å². The fraction of sp³-hybridized carbons (Fsp3) is 0.188. The van der Waals surface area contributed by atoms with E-state index >= 15 is 0 Å². The van der Waals surface area contributed by atoms with Gasteiger partial charge in [-0.25, -0.2) is 3.96 Å². The van der Waals surface area contributed by atoms with E-state index in [0.29, 0.717) is 0 Å². The lowest BCUT2D eigenvalue weighted by molar-refractivity contribution is 0.727. The van der Waals surface area contributed by atoms with Crippen LogP contribution in [0.1, 0.15) is 12.5 Å². The van der Waals surface area contributed by atoms with Crippen molar-refractivity contribution in [2.45, 2.75) is 13.5 Å². The highest BCUT2D eigenvalue weighted by Gasteiger charge is 2.08. The van der Waals surface area contributed by atoms with Crippen LogP contribution in [0, 0.1) is 0 Å². The molecule has 0 fully saturated rings. The molecule has 0 saturated carbocycles. The second-order valence-corrected chi connectivity index (χ2v) is 5.62. The van der Waals surface area contributed by atoms with Crippen molar-refractivity contribution in [2.24, 2.45) is 0 Å². The third kappa shape index (κ3) is 2.40. The van der Waals surface area contributed by atoms with Gasteiger partial charge in [0.1, 0.15) is 0 Å². The topological polar surface area (TPSA) is 34.0 Å². The number of benzene rings is 2. The average molecular weight is 284 g/mol. The fourth-order valence-corrected chi connectivity index (χ4v) is 3.16. The molecule has 0 atom stereocenters. The van der Waals surface area contributed by atoms with Gasteiger partial charge in [-0.2, -0.15) is 0 Å². The van der Waals surface area contributed by atoms with Crippen molar-refractivity contribution in [3.8, 4) is 5.69 Å². The number of hydrogen-bond acceptors (Lipinski definition) is 3. The van der Waals surface area contributed by atoms with Crippen LogP contribution < -0.4 is 10.9 Å². The Balaban J connectivity index is 1.98. The Kier molecular flexibility index (Phi) is 3.67. The summed E-state index contributed by atoms with van der Waals surface area (Å²) in [7, 11) is 0. The lowest BCUT2D eigenvalue weighted by Gasteiger charge is -2.04. The molecule has 4 heteroatoms. The summed E-state index contributed by atoms with van der Waals surface area (Å²) in [5, 5.41) is 4.08. The van der Waals surface area contributed by atoms with Gasteiger partial charge in [0.15, 0.2) is 0 Å². The van der Waals surface area contributed by atoms with E-state index in [2.05, 4.69) is 24.4 Å². The number of hydrogen-bond donors (Lipinski definition) is 1. The standard InChI is InChI=1S/C16H16N2OS/c1-2-17-11-12-7-9-13(10-8-12)18-16(19)14-5-3-4-6-15(14)20-18/h3-10,17H,2,11H2,1H3. The fourth-order valence-electron chi connectivity index (χ4n) is 2.16. The molecule has 0 saturated heterocycles. The summed E-state index contributed by atoms with van der Waals surface area (Å²) < 4.78 is 2.77. The molecule has 1 aromatic heterocycles. The van der Waals surface area contributed by atoms with Crippen LogP contribution in [0.3, 0.4) is 0 Å². The normalized spacial score (nSPS) is 11.1. The third-order valence-corrected chi connectivity index (χ3v) is 4.35. The Morgan fingerprint density at radius 2 is 1.85 bits per heavy atom. The largest absolute Gasteiger partial charge is 0.313 e. The zero-order valence-electron chi connectivity index (χ0n) is 11.3. The van der Waals surface area contributed by atoms with E-state index in [1.807, 2.05) is 36.4 Å². The van der Waals surface area contributed by atoms with Gasteiger partial charge in [-0.05, 0) is 36.4 Å². The molecule has 20 heavy (non-hydrogen) atoms. The van der Waals surface area contributed by atoms with Gasteiger partial charge < -0.3 is 5.32 Å². The average Bonchev–Trinajstić information content (AvgIpc) is 2.83. The molecule has 0 aliphatic rings. The molecule has 0 bridgehead atoms. The molecule has 0 aliphatic heterocycles. The smallest absolute Gasteiger partial charge is 0.273 e. The van der Waals surface area contributed by atoms with Crippen LogP contribution >= 0.6 is 11.5 Å². The van der Waals surface area contributed by atoms with E-state index in [0.717, 1.165) is 28.9 Å². The highest BCUT2D eigenvalue weighted by molar-refractivity contribution is 7.14. The first-order chi connectivity index (χ1) is 9.79. The van der Waals surface area contributed by atoms with Crippen LogP contribution in [0.2, 0.25) is 0 Å². The Labute approximate surface area is 121 Å². The molecular weight excluding hydrogens is 268 g/mol. The Bertz CT molecular complexity index is 771. The van der Waals surface area contributed by atoms with E-state index < -0.39 is 0 Å². The van der Waals surface area contributed by atoms with Crippen LogP contribution in [0.5, 0.6) is 0 Å². The van der Waals surface area contributed by atoms with Crippen molar-refractivity contribution < 1.29 is 0 Å². The summed E-state index contributed by atoms with van der Waals surface area (Å²) in [6, 6.07) is 15.9. The van der Waals surface area contributed by atoms with Crippen LogP contribution in [0.4, 0.5) is 0 Å². The molecule has 0 unspecified atom stereocenters.